The predicted octanol–water partition coefficient (Wildman–Crippen LogP) is 0.781. The van der Waals surface area contributed by atoms with Crippen LogP contribution in [-0.4, -0.2) is 42.1 Å². The summed E-state index contributed by atoms with van der Waals surface area (Å²) >= 11 is 0. The number of hydrogen-bond donors (Lipinski definition) is 1. The summed E-state index contributed by atoms with van der Waals surface area (Å²) in [4.78, 5) is 13.6. The highest BCUT2D eigenvalue weighted by Gasteiger charge is 2.30. The SMILES string of the molecule is CCC1COC(C)CN1C(=O)C(C)N.Cl. The van der Waals surface area contributed by atoms with Crippen molar-refractivity contribution in [2.45, 2.75) is 45.4 Å². The van der Waals surface area contributed by atoms with E-state index in [1.165, 1.54) is 0 Å². The molecule has 0 radical (unpaired) electrons. The highest BCUT2D eigenvalue weighted by Crippen LogP contribution is 2.15. The van der Waals surface area contributed by atoms with E-state index >= 15 is 0 Å². The van der Waals surface area contributed by atoms with Crippen molar-refractivity contribution in [3.8, 4) is 0 Å². The zero-order valence-electron chi connectivity index (χ0n) is 9.60. The van der Waals surface area contributed by atoms with E-state index in [0.717, 1.165) is 6.42 Å². The van der Waals surface area contributed by atoms with Crippen molar-refractivity contribution in [2.24, 2.45) is 5.73 Å². The van der Waals surface area contributed by atoms with Crippen LogP contribution in [0.3, 0.4) is 0 Å². The summed E-state index contributed by atoms with van der Waals surface area (Å²) in [7, 11) is 0. The molecule has 0 aromatic rings. The van der Waals surface area contributed by atoms with Crippen LogP contribution in [0.25, 0.3) is 0 Å². The van der Waals surface area contributed by atoms with Crippen LogP contribution in [0.4, 0.5) is 0 Å². The fraction of sp³-hybridized carbons (Fsp3) is 0.900. The monoisotopic (exact) mass is 236 g/mol. The van der Waals surface area contributed by atoms with Crippen LogP contribution in [0.2, 0.25) is 0 Å². The molecule has 1 heterocycles. The van der Waals surface area contributed by atoms with Gasteiger partial charge in [0.05, 0.1) is 24.8 Å². The Morgan fingerprint density at radius 2 is 2.27 bits per heavy atom. The molecule has 1 saturated heterocycles. The maximum Gasteiger partial charge on any atom is 0.239 e. The zero-order chi connectivity index (χ0) is 10.7. The summed E-state index contributed by atoms with van der Waals surface area (Å²) in [6, 6.07) is -0.209. The maximum atomic E-state index is 11.8. The van der Waals surface area contributed by atoms with E-state index in [9.17, 15) is 4.79 Å². The van der Waals surface area contributed by atoms with E-state index in [4.69, 9.17) is 10.5 Å². The van der Waals surface area contributed by atoms with Gasteiger partial charge in [-0.15, -0.1) is 12.4 Å². The molecule has 4 nitrogen and oxygen atoms in total. The fourth-order valence-corrected chi connectivity index (χ4v) is 1.71. The molecule has 3 unspecified atom stereocenters. The summed E-state index contributed by atoms with van der Waals surface area (Å²) in [5.41, 5.74) is 5.60. The van der Waals surface area contributed by atoms with E-state index in [1.54, 1.807) is 6.92 Å². The first kappa shape index (κ1) is 14.7. The highest BCUT2D eigenvalue weighted by atomic mass is 35.5. The number of amides is 1. The van der Waals surface area contributed by atoms with Crippen molar-refractivity contribution < 1.29 is 9.53 Å². The molecule has 0 aromatic heterocycles. The number of carbonyl (C=O) groups excluding carboxylic acids is 1. The van der Waals surface area contributed by atoms with Gasteiger partial charge >= 0.3 is 0 Å². The van der Waals surface area contributed by atoms with Gasteiger partial charge in [0.2, 0.25) is 5.91 Å². The Labute approximate surface area is 97.5 Å². The van der Waals surface area contributed by atoms with Crippen LogP contribution >= 0.6 is 12.4 Å². The number of hydrogen-bond acceptors (Lipinski definition) is 3. The van der Waals surface area contributed by atoms with Crippen molar-refractivity contribution in [3.05, 3.63) is 0 Å². The van der Waals surface area contributed by atoms with E-state index in [0.29, 0.717) is 13.2 Å². The normalized spacial score (nSPS) is 28.1. The van der Waals surface area contributed by atoms with Gasteiger partial charge in [-0.25, -0.2) is 0 Å². The average Bonchev–Trinajstić information content (AvgIpc) is 2.16. The molecule has 1 amide bonds. The number of morpholine rings is 1. The molecule has 0 aliphatic carbocycles. The van der Waals surface area contributed by atoms with E-state index in [-0.39, 0.29) is 30.5 Å². The molecule has 0 saturated carbocycles. The largest absolute Gasteiger partial charge is 0.375 e. The molecule has 1 aliphatic rings. The van der Waals surface area contributed by atoms with Crippen LogP contribution in [-0.2, 0) is 9.53 Å². The summed E-state index contributed by atoms with van der Waals surface area (Å²) in [5, 5.41) is 0. The van der Waals surface area contributed by atoms with Gasteiger partial charge in [-0.2, -0.15) is 0 Å². The van der Waals surface area contributed by atoms with Gasteiger partial charge in [-0.3, -0.25) is 4.79 Å². The van der Waals surface area contributed by atoms with Gasteiger partial charge in [-0.05, 0) is 20.3 Å². The summed E-state index contributed by atoms with van der Waals surface area (Å²) in [6.07, 6.45) is 1.05. The minimum absolute atomic E-state index is 0. The van der Waals surface area contributed by atoms with Crippen LogP contribution in [0, 0.1) is 0 Å². The molecule has 90 valence electrons. The van der Waals surface area contributed by atoms with Crippen molar-refractivity contribution in [2.75, 3.05) is 13.2 Å². The molecule has 0 bridgehead atoms. The van der Waals surface area contributed by atoms with Gasteiger partial charge in [0.1, 0.15) is 0 Å². The van der Waals surface area contributed by atoms with E-state index < -0.39 is 6.04 Å². The molecule has 2 N–H and O–H groups in total. The number of nitrogens with two attached hydrogens (primary N) is 1. The quantitative estimate of drug-likeness (QED) is 0.771. The maximum absolute atomic E-state index is 11.8. The summed E-state index contributed by atoms with van der Waals surface area (Å²) in [6.45, 7) is 7.07. The Kier molecular flexibility index (Phi) is 6.17. The number of ether oxygens (including phenoxy) is 1. The van der Waals surface area contributed by atoms with Gasteiger partial charge < -0.3 is 15.4 Å². The minimum atomic E-state index is -0.408. The number of rotatable bonds is 2. The molecule has 3 atom stereocenters. The molecular weight excluding hydrogens is 216 g/mol. The third-order valence-corrected chi connectivity index (χ3v) is 2.61. The third-order valence-electron chi connectivity index (χ3n) is 2.61. The molecule has 1 fully saturated rings. The summed E-state index contributed by atoms with van der Waals surface area (Å²) < 4.78 is 5.51. The van der Waals surface area contributed by atoms with Gasteiger partial charge in [0, 0.05) is 6.54 Å². The highest BCUT2D eigenvalue weighted by molar-refractivity contribution is 5.85. The van der Waals surface area contributed by atoms with E-state index in [1.807, 2.05) is 11.8 Å². The van der Waals surface area contributed by atoms with Gasteiger partial charge in [0.25, 0.3) is 0 Å². The minimum Gasteiger partial charge on any atom is -0.375 e. The molecule has 1 rings (SSSR count). The van der Waals surface area contributed by atoms with Gasteiger partial charge in [-0.1, -0.05) is 6.92 Å². The Morgan fingerprint density at radius 1 is 1.67 bits per heavy atom. The van der Waals surface area contributed by atoms with Crippen LogP contribution in [0.1, 0.15) is 27.2 Å². The van der Waals surface area contributed by atoms with Crippen molar-refractivity contribution >= 4 is 18.3 Å². The van der Waals surface area contributed by atoms with Crippen LogP contribution < -0.4 is 5.73 Å². The predicted molar refractivity (Wildman–Crippen MR) is 62.1 cm³/mol. The van der Waals surface area contributed by atoms with Crippen molar-refractivity contribution in [1.29, 1.82) is 0 Å². The summed E-state index contributed by atoms with van der Waals surface area (Å²) in [5.74, 6) is 0.0343. The first-order valence-electron chi connectivity index (χ1n) is 5.24. The van der Waals surface area contributed by atoms with Gasteiger partial charge in [0.15, 0.2) is 0 Å². The van der Waals surface area contributed by atoms with Crippen LogP contribution in [0.15, 0.2) is 0 Å². The van der Waals surface area contributed by atoms with Crippen LogP contribution in [0.5, 0.6) is 0 Å². The second kappa shape index (κ2) is 6.30. The second-order valence-electron chi connectivity index (χ2n) is 3.99. The third kappa shape index (κ3) is 3.63. The first-order chi connectivity index (χ1) is 6.56. The van der Waals surface area contributed by atoms with Crippen molar-refractivity contribution in [1.82, 2.24) is 4.90 Å². The topological polar surface area (TPSA) is 55.6 Å². The molecule has 0 spiro atoms. The molecule has 1 aliphatic heterocycles. The second-order valence-corrected chi connectivity index (χ2v) is 3.99. The molecule has 15 heavy (non-hydrogen) atoms. The molecule has 0 aromatic carbocycles. The first-order valence-corrected chi connectivity index (χ1v) is 5.24. The lowest BCUT2D eigenvalue weighted by Gasteiger charge is -2.39. The Hall–Kier alpha value is -0.320. The lowest BCUT2D eigenvalue weighted by molar-refractivity contribution is -0.145. The Bertz CT molecular complexity index is 212. The smallest absolute Gasteiger partial charge is 0.239 e. The average molecular weight is 237 g/mol. The Morgan fingerprint density at radius 3 is 2.73 bits per heavy atom. The standard InChI is InChI=1S/C10H20N2O2.ClH/c1-4-9-6-14-7(2)5-12(9)10(13)8(3)11;/h7-9H,4-6,11H2,1-3H3;1H. The number of carbonyl (C=O) groups is 1. The molecule has 5 heteroatoms. The fourth-order valence-electron chi connectivity index (χ4n) is 1.71. The number of nitrogens with zero attached hydrogens (tertiary/aromatic N) is 1. The zero-order valence-corrected chi connectivity index (χ0v) is 10.4. The van der Waals surface area contributed by atoms with Crippen molar-refractivity contribution in [3.63, 3.8) is 0 Å². The van der Waals surface area contributed by atoms with E-state index in [2.05, 4.69) is 6.92 Å². The lowest BCUT2D eigenvalue weighted by Crippen LogP contribution is -2.55. The Balaban J connectivity index is 0.00000196. The molecular formula is C10H21ClN2O2. The number of halogens is 1. The lowest BCUT2D eigenvalue weighted by atomic mass is 10.1.